The van der Waals surface area contributed by atoms with Crippen molar-refractivity contribution in [1.29, 1.82) is 0 Å². The number of rotatable bonds is 7. The number of ether oxygens (including phenoxy) is 1. The smallest absolute Gasteiger partial charge is 0.339 e. The van der Waals surface area contributed by atoms with E-state index in [1.54, 1.807) is 31.2 Å². The molecule has 1 heterocycles. The third-order valence-electron chi connectivity index (χ3n) is 5.00. The number of carbonyl (C=O) groups excluding carboxylic acids is 2. The van der Waals surface area contributed by atoms with Gasteiger partial charge in [0, 0.05) is 16.7 Å². The Hall–Kier alpha value is -3.51. The first-order valence-electron chi connectivity index (χ1n) is 9.94. The van der Waals surface area contributed by atoms with E-state index in [0.29, 0.717) is 21.9 Å². The molecule has 156 valence electrons. The number of fused-ring (bicyclic) bond motifs is 1. The van der Waals surface area contributed by atoms with Crippen molar-refractivity contribution in [3.05, 3.63) is 90.0 Å². The lowest BCUT2D eigenvalue weighted by molar-refractivity contribution is 0.0471. The van der Waals surface area contributed by atoms with Crippen molar-refractivity contribution < 1.29 is 18.5 Å². The van der Waals surface area contributed by atoms with Crippen LogP contribution in [-0.2, 0) is 15.5 Å². The van der Waals surface area contributed by atoms with Gasteiger partial charge in [0.2, 0.25) is 5.78 Å². The Morgan fingerprint density at radius 2 is 1.58 bits per heavy atom. The van der Waals surface area contributed by atoms with Gasteiger partial charge in [0.1, 0.15) is 0 Å². The molecule has 4 rings (SSSR count). The number of aromatic nitrogens is 1. The second kappa shape index (κ2) is 9.10. The van der Waals surface area contributed by atoms with E-state index >= 15 is 0 Å². The van der Waals surface area contributed by atoms with Crippen molar-refractivity contribution in [3.8, 4) is 11.3 Å². The number of H-pyrrole nitrogens is 1. The Labute approximate surface area is 182 Å². The molecule has 31 heavy (non-hydrogen) atoms. The number of benzene rings is 3. The fourth-order valence-electron chi connectivity index (χ4n) is 3.52. The molecule has 1 unspecified atom stereocenters. The fourth-order valence-corrected chi connectivity index (χ4v) is 4.46. The average Bonchev–Trinajstić information content (AvgIpc) is 3.22. The number of ketones is 1. The maximum Gasteiger partial charge on any atom is 0.339 e. The third kappa shape index (κ3) is 4.20. The molecule has 0 aliphatic heterocycles. The van der Waals surface area contributed by atoms with Gasteiger partial charge in [-0.05, 0) is 23.8 Å². The average molecular weight is 432 g/mol. The number of para-hydroxylation sites is 1. The van der Waals surface area contributed by atoms with Gasteiger partial charge in [0.25, 0.3) is 0 Å². The lowest BCUT2D eigenvalue weighted by Crippen LogP contribution is -2.16. The van der Waals surface area contributed by atoms with Gasteiger partial charge in [-0.25, -0.2) is 4.79 Å². The van der Waals surface area contributed by atoms with E-state index in [2.05, 4.69) is 4.98 Å². The van der Waals surface area contributed by atoms with E-state index in [-0.39, 0.29) is 11.3 Å². The summed E-state index contributed by atoms with van der Waals surface area (Å²) in [6, 6.07) is 23.7. The maximum atomic E-state index is 13.2. The van der Waals surface area contributed by atoms with E-state index in [0.717, 1.165) is 16.5 Å². The van der Waals surface area contributed by atoms with E-state index in [9.17, 15) is 13.8 Å². The van der Waals surface area contributed by atoms with Crippen LogP contribution < -0.4 is 0 Å². The highest BCUT2D eigenvalue weighted by molar-refractivity contribution is 7.85. The minimum atomic E-state index is -1.30. The zero-order valence-electron chi connectivity index (χ0n) is 17.0. The van der Waals surface area contributed by atoms with Crippen molar-refractivity contribution in [2.45, 2.75) is 11.8 Å². The molecule has 0 bridgehead atoms. The van der Waals surface area contributed by atoms with Crippen LogP contribution in [0.2, 0.25) is 0 Å². The summed E-state index contributed by atoms with van der Waals surface area (Å²) in [5.41, 5.74) is 3.10. The first kappa shape index (κ1) is 20.8. The molecule has 1 N–H and O–H groups in total. The van der Waals surface area contributed by atoms with Crippen molar-refractivity contribution in [3.63, 3.8) is 0 Å². The van der Waals surface area contributed by atoms with Gasteiger partial charge < -0.3 is 9.72 Å². The molecule has 4 aromatic rings. The van der Waals surface area contributed by atoms with Crippen molar-refractivity contribution in [1.82, 2.24) is 4.98 Å². The molecule has 0 saturated heterocycles. The Morgan fingerprint density at radius 3 is 2.35 bits per heavy atom. The quantitative estimate of drug-likeness (QED) is 0.330. The van der Waals surface area contributed by atoms with Crippen LogP contribution in [0.4, 0.5) is 0 Å². The summed E-state index contributed by atoms with van der Waals surface area (Å²) in [5.74, 6) is -0.579. The number of aromatic amines is 1. The van der Waals surface area contributed by atoms with Crippen LogP contribution in [0.1, 0.15) is 27.6 Å². The van der Waals surface area contributed by atoms with Gasteiger partial charge in [-0.1, -0.05) is 67.6 Å². The second-order valence-corrected chi connectivity index (χ2v) is 8.62. The lowest BCUT2D eigenvalue weighted by Gasteiger charge is -2.09. The Bertz CT molecular complexity index is 1280. The number of nitrogens with one attached hydrogen (secondary N) is 1. The summed E-state index contributed by atoms with van der Waals surface area (Å²) in [4.78, 5) is 29.6. The zero-order valence-corrected chi connectivity index (χ0v) is 17.8. The highest BCUT2D eigenvalue weighted by Crippen LogP contribution is 2.30. The highest BCUT2D eigenvalue weighted by Gasteiger charge is 2.22. The number of esters is 1. The summed E-state index contributed by atoms with van der Waals surface area (Å²) in [5, 5.41) is 0.773. The van der Waals surface area contributed by atoms with Crippen LogP contribution in [0.5, 0.6) is 0 Å². The molecule has 0 amide bonds. The van der Waals surface area contributed by atoms with Gasteiger partial charge in [-0.15, -0.1) is 0 Å². The van der Waals surface area contributed by atoms with E-state index in [1.165, 1.54) is 0 Å². The molecule has 3 aromatic carbocycles. The van der Waals surface area contributed by atoms with Gasteiger partial charge in [0.15, 0.2) is 6.61 Å². The Balaban J connectivity index is 1.63. The molecule has 0 saturated carbocycles. The molecule has 0 spiro atoms. The van der Waals surface area contributed by atoms with Crippen LogP contribution >= 0.6 is 0 Å². The summed E-state index contributed by atoms with van der Waals surface area (Å²) >= 11 is 0. The number of carbonyl (C=O) groups is 2. The standard InChI is InChI=1S/C25H21NO4S/c1-2-31(29)22-15-9-7-13-19(22)25(28)30-16-21(27)23-18-12-6-8-14-20(18)26-24(23)17-10-4-3-5-11-17/h3-15,26H,2,16H2,1H3. The minimum Gasteiger partial charge on any atom is -0.454 e. The minimum absolute atomic E-state index is 0.220. The first-order valence-corrected chi connectivity index (χ1v) is 11.3. The highest BCUT2D eigenvalue weighted by atomic mass is 32.2. The molecule has 5 nitrogen and oxygen atoms in total. The first-order chi connectivity index (χ1) is 15.1. The normalized spacial score (nSPS) is 11.9. The Kier molecular flexibility index (Phi) is 6.09. The van der Waals surface area contributed by atoms with Crippen LogP contribution in [-0.4, -0.2) is 33.3 Å². The topological polar surface area (TPSA) is 76.2 Å². The van der Waals surface area contributed by atoms with Gasteiger partial charge in [-0.3, -0.25) is 9.00 Å². The number of hydrogen-bond acceptors (Lipinski definition) is 4. The predicted molar refractivity (Wildman–Crippen MR) is 122 cm³/mol. The molecular weight excluding hydrogens is 410 g/mol. The molecule has 1 aromatic heterocycles. The van der Waals surface area contributed by atoms with Crippen molar-refractivity contribution in [2.75, 3.05) is 12.4 Å². The summed E-state index contributed by atoms with van der Waals surface area (Å²) in [6.45, 7) is 1.37. The summed E-state index contributed by atoms with van der Waals surface area (Å²) in [6.07, 6.45) is 0. The maximum absolute atomic E-state index is 13.2. The van der Waals surface area contributed by atoms with Crippen LogP contribution in [0, 0.1) is 0 Å². The van der Waals surface area contributed by atoms with Gasteiger partial charge >= 0.3 is 5.97 Å². The van der Waals surface area contributed by atoms with Crippen LogP contribution in [0.15, 0.2) is 83.8 Å². The molecule has 1 atom stereocenters. The largest absolute Gasteiger partial charge is 0.454 e. The van der Waals surface area contributed by atoms with Crippen molar-refractivity contribution in [2.24, 2.45) is 0 Å². The lowest BCUT2D eigenvalue weighted by atomic mass is 10.0. The van der Waals surface area contributed by atoms with Gasteiger partial charge in [0.05, 0.1) is 32.5 Å². The number of Topliss-reactive ketones (excluding diaryl/α,β-unsaturated/α-hetero) is 1. The predicted octanol–water partition coefficient (Wildman–Crippen LogP) is 5.00. The molecular formula is C25H21NO4S. The number of hydrogen-bond donors (Lipinski definition) is 1. The fraction of sp³-hybridized carbons (Fsp3) is 0.120. The van der Waals surface area contributed by atoms with Crippen LogP contribution in [0.25, 0.3) is 22.2 Å². The molecule has 0 aliphatic carbocycles. The van der Waals surface area contributed by atoms with Crippen molar-refractivity contribution >= 4 is 33.5 Å². The summed E-state index contributed by atoms with van der Waals surface area (Å²) < 4.78 is 17.6. The molecule has 0 fully saturated rings. The molecule has 0 radical (unpaired) electrons. The SMILES string of the molecule is CCS(=O)c1ccccc1C(=O)OCC(=O)c1c(-c2ccccc2)[nH]c2ccccc12. The van der Waals surface area contributed by atoms with Gasteiger partial charge in [-0.2, -0.15) is 0 Å². The second-order valence-electron chi connectivity index (χ2n) is 6.92. The zero-order chi connectivity index (χ0) is 21.8. The monoisotopic (exact) mass is 431 g/mol. The van der Waals surface area contributed by atoms with Crippen LogP contribution in [0.3, 0.4) is 0 Å². The van der Waals surface area contributed by atoms with E-state index < -0.39 is 23.4 Å². The molecule has 6 heteroatoms. The Morgan fingerprint density at radius 1 is 0.903 bits per heavy atom. The van der Waals surface area contributed by atoms with E-state index in [1.807, 2.05) is 54.6 Å². The van der Waals surface area contributed by atoms with E-state index in [4.69, 9.17) is 4.74 Å². The third-order valence-corrected chi connectivity index (χ3v) is 6.37. The summed E-state index contributed by atoms with van der Waals surface area (Å²) in [7, 11) is -1.30. The molecule has 0 aliphatic rings.